The lowest BCUT2D eigenvalue weighted by molar-refractivity contribution is 0.0750. The Kier molecular flexibility index (Phi) is 4.84. The van der Waals surface area contributed by atoms with Crippen molar-refractivity contribution in [3.8, 4) is 0 Å². The second kappa shape index (κ2) is 5.92. The van der Waals surface area contributed by atoms with Crippen LogP contribution in [-0.2, 0) is 4.74 Å². The molecule has 1 fully saturated rings. The number of nitrogens with zero attached hydrogens (tertiary/aromatic N) is 2. The van der Waals surface area contributed by atoms with Crippen LogP contribution in [0.5, 0.6) is 0 Å². The fraction of sp³-hybridized carbons (Fsp3) is 0.900. The molecular weight excluding hydrogens is 194 g/mol. The van der Waals surface area contributed by atoms with E-state index in [1.807, 2.05) is 0 Å². The molecule has 1 unspecified atom stereocenters. The summed E-state index contributed by atoms with van der Waals surface area (Å²) in [6.45, 7) is 3.81. The van der Waals surface area contributed by atoms with Gasteiger partial charge in [0.25, 0.3) is 0 Å². The summed E-state index contributed by atoms with van der Waals surface area (Å²) in [7, 11) is 1.72. The fourth-order valence-corrected chi connectivity index (χ4v) is 1.58. The highest BCUT2D eigenvalue weighted by molar-refractivity contribution is 5.79. The number of hydrogen-bond donors (Lipinski definition) is 2. The normalized spacial score (nSPS) is 19.5. The molecular formula is C10H21N3O2. The predicted molar refractivity (Wildman–Crippen MR) is 59.1 cm³/mol. The quantitative estimate of drug-likeness (QED) is 0.283. The molecule has 1 aliphatic rings. The van der Waals surface area contributed by atoms with Crippen LogP contribution in [0.4, 0.5) is 0 Å². The summed E-state index contributed by atoms with van der Waals surface area (Å²) in [6, 6.07) is 0.675. The number of rotatable bonds is 7. The van der Waals surface area contributed by atoms with Crippen LogP contribution in [0, 0.1) is 0 Å². The van der Waals surface area contributed by atoms with E-state index in [1.54, 1.807) is 7.11 Å². The van der Waals surface area contributed by atoms with Crippen LogP contribution in [0.3, 0.4) is 0 Å². The monoisotopic (exact) mass is 215 g/mol. The Morgan fingerprint density at radius 2 is 2.33 bits per heavy atom. The van der Waals surface area contributed by atoms with E-state index in [1.165, 1.54) is 12.8 Å². The molecule has 0 saturated heterocycles. The summed E-state index contributed by atoms with van der Waals surface area (Å²) in [6.07, 6.45) is 3.36. The molecule has 0 aromatic heterocycles. The van der Waals surface area contributed by atoms with Gasteiger partial charge in [-0.15, -0.1) is 0 Å². The maximum atomic E-state index is 8.45. The highest BCUT2D eigenvalue weighted by Crippen LogP contribution is 2.27. The van der Waals surface area contributed by atoms with Crippen LogP contribution in [0.15, 0.2) is 5.16 Å². The van der Waals surface area contributed by atoms with Gasteiger partial charge in [-0.25, -0.2) is 0 Å². The number of ether oxygens (including phenoxy) is 1. The van der Waals surface area contributed by atoms with E-state index < -0.39 is 0 Å². The Bertz CT molecular complexity index is 217. The summed E-state index contributed by atoms with van der Waals surface area (Å²) in [5, 5.41) is 11.4. The molecule has 5 heteroatoms. The van der Waals surface area contributed by atoms with Gasteiger partial charge in [-0.2, -0.15) is 0 Å². The molecule has 0 aliphatic heterocycles. The second-order valence-corrected chi connectivity index (χ2v) is 4.11. The lowest BCUT2D eigenvalue weighted by Gasteiger charge is -2.24. The maximum Gasteiger partial charge on any atom is 0.140 e. The molecule has 1 rings (SSSR count). The standard InChI is InChI=1S/C10H21N3O2/c1-8(15-2)7-13(9-3-4-9)6-5-10(11)12-14/h8-9,14H,3-7H2,1-2H3,(H2,11,12). The minimum absolute atomic E-state index is 0.234. The van der Waals surface area contributed by atoms with Gasteiger partial charge in [-0.1, -0.05) is 5.16 Å². The number of nitrogens with two attached hydrogens (primary N) is 1. The van der Waals surface area contributed by atoms with Crippen molar-refractivity contribution in [1.82, 2.24) is 4.90 Å². The lowest BCUT2D eigenvalue weighted by atomic mass is 10.3. The van der Waals surface area contributed by atoms with E-state index in [0.29, 0.717) is 18.3 Å². The van der Waals surface area contributed by atoms with E-state index in [2.05, 4.69) is 17.0 Å². The summed E-state index contributed by atoms with van der Waals surface area (Å²) >= 11 is 0. The third-order valence-electron chi connectivity index (χ3n) is 2.74. The predicted octanol–water partition coefficient (Wildman–Crippen LogP) is 0.622. The van der Waals surface area contributed by atoms with Gasteiger partial charge in [-0.3, -0.25) is 4.90 Å². The molecule has 0 bridgehead atoms. The zero-order chi connectivity index (χ0) is 11.3. The van der Waals surface area contributed by atoms with Gasteiger partial charge in [0.05, 0.1) is 6.10 Å². The molecule has 0 radical (unpaired) electrons. The van der Waals surface area contributed by atoms with Crippen LogP contribution in [0.1, 0.15) is 26.2 Å². The van der Waals surface area contributed by atoms with Crippen molar-refractivity contribution in [1.29, 1.82) is 0 Å². The van der Waals surface area contributed by atoms with Crippen molar-refractivity contribution in [3.05, 3.63) is 0 Å². The molecule has 1 aliphatic carbocycles. The van der Waals surface area contributed by atoms with Crippen LogP contribution in [0.25, 0.3) is 0 Å². The number of methoxy groups -OCH3 is 1. The fourth-order valence-electron chi connectivity index (χ4n) is 1.58. The van der Waals surface area contributed by atoms with E-state index in [9.17, 15) is 0 Å². The smallest absolute Gasteiger partial charge is 0.140 e. The molecule has 0 heterocycles. The maximum absolute atomic E-state index is 8.45. The second-order valence-electron chi connectivity index (χ2n) is 4.11. The molecule has 1 atom stereocenters. The third kappa shape index (κ3) is 4.48. The van der Waals surface area contributed by atoms with Crippen molar-refractivity contribution in [3.63, 3.8) is 0 Å². The minimum Gasteiger partial charge on any atom is -0.409 e. The Balaban J connectivity index is 2.30. The number of oxime groups is 1. The van der Waals surface area contributed by atoms with Crippen molar-refractivity contribution in [2.75, 3.05) is 20.2 Å². The minimum atomic E-state index is 0.234. The first-order valence-electron chi connectivity index (χ1n) is 5.40. The Hall–Kier alpha value is -0.810. The molecule has 3 N–H and O–H groups in total. The summed E-state index contributed by atoms with van der Waals surface area (Å²) < 4.78 is 5.24. The average molecular weight is 215 g/mol. The summed E-state index contributed by atoms with van der Waals surface area (Å²) in [4.78, 5) is 2.35. The van der Waals surface area contributed by atoms with Gasteiger partial charge in [0, 0.05) is 32.7 Å². The van der Waals surface area contributed by atoms with Gasteiger partial charge >= 0.3 is 0 Å². The van der Waals surface area contributed by atoms with E-state index >= 15 is 0 Å². The first kappa shape index (κ1) is 12.3. The highest BCUT2D eigenvalue weighted by Gasteiger charge is 2.29. The average Bonchev–Trinajstić information content (AvgIpc) is 3.06. The van der Waals surface area contributed by atoms with Crippen molar-refractivity contribution < 1.29 is 9.94 Å². The Labute approximate surface area is 90.9 Å². The first-order valence-corrected chi connectivity index (χ1v) is 5.40. The molecule has 5 nitrogen and oxygen atoms in total. The van der Waals surface area contributed by atoms with Crippen molar-refractivity contribution in [2.45, 2.75) is 38.3 Å². The highest BCUT2D eigenvalue weighted by atomic mass is 16.5. The molecule has 88 valence electrons. The van der Waals surface area contributed by atoms with Crippen LogP contribution < -0.4 is 5.73 Å². The van der Waals surface area contributed by atoms with Crippen molar-refractivity contribution in [2.24, 2.45) is 10.9 Å². The third-order valence-corrected chi connectivity index (χ3v) is 2.74. The summed E-state index contributed by atoms with van der Waals surface area (Å²) in [5.41, 5.74) is 5.45. The zero-order valence-electron chi connectivity index (χ0n) is 9.52. The van der Waals surface area contributed by atoms with Gasteiger partial charge in [0.2, 0.25) is 0 Å². The van der Waals surface area contributed by atoms with Crippen LogP contribution >= 0.6 is 0 Å². The Morgan fingerprint density at radius 1 is 1.67 bits per heavy atom. The SMILES string of the molecule is COC(C)CN(CCC(N)=NO)C1CC1. The number of amidine groups is 1. The molecule has 0 amide bonds. The van der Waals surface area contributed by atoms with Gasteiger partial charge in [0.1, 0.15) is 5.84 Å². The molecule has 0 aromatic rings. The number of hydrogen-bond acceptors (Lipinski definition) is 4. The van der Waals surface area contributed by atoms with Crippen LogP contribution in [-0.4, -0.2) is 48.3 Å². The van der Waals surface area contributed by atoms with Gasteiger partial charge in [0.15, 0.2) is 0 Å². The lowest BCUT2D eigenvalue weighted by Crippen LogP contribution is -2.36. The van der Waals surface area contributed by atoms with Crippen molar-refractivity contribution >= 4 is 5.84 Å². The van der Waals surface area contributed by atoms with E-state index in [-0.39, 0.29) is 6.10 Å². The molecule has 1 saturated carbocycles. The van der Waals surface area contributed by atoms with Crippen LogP contribution in [0.2, 0.25) is 0 Å². The van der Waals surface area contributed by atoms with Gasteiger partial charge < -0.3 is 15.7 Å². The van der Waals surface area contributed by atoms with E-state index in [0.717, 1.165) is 13.1 Å². The zero-order valence-corrected chi connectivity index (χ0v) is 9.52. The topological polar surface area (TPSA) is 71.1 Å². The first-order chi connectivity index (χ1) is 7.17. The molecule has 15 heavy (non-hydrogen) atoms. The van der Waals surface area contributed by atoms with Gasteiger partial charge in [-0.05, 0) is 19.8 Å². The Morgan fingerprint density at radius 3 is 2.80 bits per heavy atom. The van der Waals surface area contributed by atoms with E-state index in [4.69, 9.17) is 15.7 Å². The molecule has 0 aromatic carbocycles. The largest absolute Gasteiger partial charge is 0.409 e. The summed E-state index contributed by atoms with van der Waals surface area (Å²) in [5.74, 6) is 0.297. The molecule has 0 spiro atoms.